The molecular formula is C22H25N5O3S. The summed E-state index contributed by atoms with van der Waals surface area (Å²) in [5.74, 6) is 2.00. The van der Waals surface area contributed by atoms with Crippen molar-refractivity contribution in [1.82, 2.24) is 20.2 Å². The number of fused-ring (bicyclic) bond motifs is 1. The zero-order chi connectivity index (χ0) is 21.8. The van der Waals surface area contributed by atoms with Crippen molar-refractivity contribution in [2.24, 2.45) is 4.99 Å². The van der Waals surface area contributed by atoms with Gasteiger partial charge in [0.1, 0.15) is 11.3 Å². The van der Waals surface area contributed by atoms with Gasteiger partial charge >= 0.3 is 0 Å². The molecule has 1 saturated heterocycles. The number of carbonyl (C=O) groups is 1. The summed E-state index contributed by atoms with van der Waals surface area (Å²) in [5.41, 5.74) is 1.46. The molecule has 3 aromatic heterocycles. The lowest BCUT2D eigenvalue weighted by atomic mass is 10.0. The standard InChI is InChI=1S/C22H25N5O3S/c1-4-5-20-21(23-3)26-22(31-20)30-16-11-19-18(24-12-16)10-17(29-19)13-27-8-6-15(7-9-27)25-14(2)28/h4-5,10-12,15H,3,6-9,13H2,1-2H3,(H,25,28). The third kappa shape index (κ3) is 5.18. The first kappa shape index (κ1) is 21.2. The number of thiazole rings is 1. The second-order valence-electron chi connectivity index (χ2n) is 7.45. The second-order valence-corrected chi connectivity index (χ2v) is 8.44. The second kappa shape index (κ2) is 9.40. The zero-order valence-electron chi connectivity index (χ0n) is 17.6. The van der Waals surface area contributed by atoms with Crippen LogP contribution in [0.5, 0.6) is 10.9 Å². The van der Waals surface area contributed by atoms with Crippen molar-refractivity contribution >= 4 is 47.0 Å². The van der Waals surface area contributed by atoms with E-state index in [9.17, 15) is 4.79 Å². The molecule has 1 aliphatic heterocycles. The van der Waals surface area contributed by atoms with Crippen molar-refractivity contribution in [3.8, 4) is 10.9 Å². The van der Waals surface area contributed by atoms with Crippen LogP contribution in [0.4, 0.5) is 5.82 Å². The van der Waals surface area contributed by atoms with Gasteiger partial charge in [-0.05, 0) is 32.6 Å². The van der Waals surface area contributed by atoms with E-state index in [4.69, 9.17) is 9.15 Å². The van der Waals surface area contributed by atoms with Gasteiger partial charge < -0.3 is 14.5 Å². The lowest BCUT2D eigenvalue weighted by Gasteiger charge is -2.31. The summed E-state index contributed by atoms with van der Waals surface area (Å²) in [6.45, 7) is 9.61. The number of carbonyl (C=O) groups excluding carboxylic acids is 1. The number of furan rings is 1. The fourth-order valence-corrected chi connectivity index (χ4v) is 4.51. The molecule has 4 heterocycles. The highest BCUT2D eigenvalue weighted by Gasteiger charge is 2.21. The summed E-state index contributed by atoms with van der Waals surface area (Å²) >= 11 is 1.40. The summed E-state index contributed by atoms with van der Waals surface area (Å²) in [5, 5.41) is 3.48. The number of pyridine rings is 1. The molecule has 1 amide bonds. The topological polar surface area (TPSA) is 92.9 Å². The van der Waals surface area contributed by atoms with E-state index < -0.39 is 0 Å². The number of hydrogen-bond acceptors (Lipinski definition) is 8. The molecule has 0 bridgehead atoms. The minimum absolute atomic E-state index is 0.0348. The molecule has 1 fully saturated rings. The Morgan fingerprint density at radius 2 is 2.26 bits per heavy atom. The van der Waals surface area contributed by atoms with Gasteiger partial charge in [-0.3, -0.25) is 9.69 Å². The van der Waals surface area contributed by atoms with E-state index in [1.165, 1.54) is 11.3 Å². The molecule has 31 heavy (non-hydrogen) atoms. The smallest absolute Gasteiger partial charge is 0.281 e. The van der Waals surface area contributed by atoms with Gasteiger partial charge in [0.2, 0.25) is 5.91 Å². The van der Waals surface area contributed by atoms with E-state index in [0.29, 0.717) is 28.9 Å². The first-order chi connectivity index (χ1) is 15.0. The Morgan fingerprint density at radius 3 is 2.97 bits per heavy atom. The number of allylic oxidation sites excluding steroid dienone is 1. The van der Waals surface area contributed by atoms with Crippen LogP contribution in [-0.2, 0) is 11.3 Å². The predicted octanol–water partition coefficient (Wildman–Crippen LogP) is 4.54. The SMILES string of the molecule is C=Nc1nc(Oc2cnc3cc(CN4CCC(NC(C)=O)CC4)oc3c2)sc1C=CC. The Hall–Kier alpha value is -3.04. The Morgan fingerprint density at radius 1 is 1.45 bits per heavy atom. The van der Waals surface area contributed by atoms with Crippen LogP contribution in [0.2, 0.25) is 0 Å². The predicted molar refractivity (Wildman–Crippen MR) is 122 cm³/mol. The highest BCUT2D eigenvalue weighted by molar-refractivity contribution is 7.14. The van der Waals surface area contributed by atoms with E-state index in [-0.39, 0.29) is 11.9 Å². The molecule has 0 unspecified atom stereocenters. The van der Waals surface area contributed by atoms with E-state index in [0.717, 1.165) is 42.1 Å². The van der Waals surface area contributed by atoms with Gasteiger partial charge in [-0.2, -0.15) is 4.98 Å². The molecule has 0 atom stereocenters. The maximum Gasteiger partial charge on any atom is 0.281 e. The normalized spacial score (nSPS) is 15.5. The average Bonchev–Trinajstić information content (AvgIpc) is 3.32. The molecule has 0 radical (unpaired) electrons. The van der Waals surface area contributed by atoms with Crippen molar-refractivity contribution in [3.63, 3.8) is 0 Å². The van der Waals surface area contributed by atoms with Crippen LogP contribution in [0, 0.1) is 0 Å². The van der Waals surface area contributed by atoms with Crippen LogP contribution < -0.4 is 10.1 Å². The maximum atomic E-state index is 11.2. The molecule has 162 valence electrons. The molecule has 1 N–H and O–H groups in total. The number of aromatic nitrogens is 2. The largest absolute Gasteiger partial charge is 0.458 e. The van der Waals surface area contributed by atoms with Gasteiger partial charge in [-0.1, -0.05) is 17.4 Å². The van der Waals surface area contributed by atoms with E-state index in [1.807, 2.05) is 31.2 Å². The zero-order valence-corrected chi connectivity index (χ0v) is 18.4. The average molecular weight is 440 g/mol. The first-order valence-electron chi connectivity index (χ1n) is 10.2. The number of ether oxygens (including phenoxy) is 1. The van der Waals surface area contributed by atoms with Gasteiger partial charge in [-0.25, -0.2) is 9.98 Å². The molecule has 8 nitrogen and oxygen atoms in total. The quantitative estimate of drug-likeness (QED) is 0.543. The highest BCUT2D eigenvalue weighted by Crippen LogP contribution is 2.35. The van der Waals surface area contributed by atoms with Gasteiger partial charge in [0.25, 0.3) is 5.19 Å². The number of nitrogens with zero attached hydrogens (tertiary/aromatic N) is 4. The van der Waals surface area contributed by atoms with Crippen LogP contribution in [0.1, 0.15) is 37.3 Å². The van der Waals surface area contributed by atoms with Crippen LogP contribution >= 0.6 is 11.3 Å². The fourth-order valence-electron chi connectivity index (χ4n) is 3.65. The number of rotatable bonds is 7. The van der Waals surface area contributed by atoms with Crippen molar-refractivity contribution in [2.45, 2.75) is 39.3 Å². The first-order valence-corrected chi connectivity index (χ1v) is 11.0. The number of piperidine rings is 1. The van der Waals surface area contributed by atoms with Gasteiger partial charge in [-0.15, -0.1) is 0 Å². The highest BCUT2D eigenvalue weighted by atomic mass is 32.1. The Kier molecular flexibility index (Phi) is 6.43. The molecule has 0 spiro atoms. The monoisotopic (exact) mass is 439 g/mol. The molecule has 4 rings (SSSR count). The van der Waals surface area contributed by atoms with E-state index in [1.54, 1.807) is 13.1 Å². The lowest BCUT2D eigenvalue weighted by molar-refractivity contribution is -0.120. The molecule has 0 aliphatic carbocycles. The van der Waals surface area contributed by atoms with E-state index in [2.05, 4.69) is 31.9 Å². The molecule has 0 aromatic carbocycles. The number of likely N-dealkylation sites (tertiary alicyclic amines) is 1. The summed E-state index contributed by atoms with van der Waals surface area (Å²) in [7, 11) is 0. The molecule has 1 aliphatic rings. The fraction of sp³-hybridized carbons (Fsp3) is 0.364. The minimum atomic E-state index is 0.0348. The van der Waals surface area contributed by atoms with Crippen LogP contribution in [-0.4, -0.2) is 46.6 Å². The lowest BCUT2D eigenvalue weighted by Crippen LogP contribution is -2.43. The molecule has 3 aromatic rings. The summed E-state index contributed by atoms with van der Waals surface area (Å²) in [4.78, 5) is 27.2. The van der Waals surface area contributed by atoms with Gasteiger partial charge in [0, 0.05) is 38.2 Å². The third-order valence-corrected chi connectivity index (χ3v) is 5.95. The Bertz CT molecular complexity index is 1110. The van der Waals surface area contributed by atoms with Crippen molar-refractivity contribution in [1.29, 1.82) is 0 Å². The third-order valence-electron chi connectivity index (χ3n) is 5.06. The van der Waals surface area contributed by atoms with Crippen LogP contribution in [0.15, 0.2) is 33.8 Å². The number of amides is 1. The van der Waals surface area contributed by atoms with Crippen molar-refractivity contribution in [3.05, 3.63) is 35.0 Å². The maximum absolute atomic E-state index is 11.2. The Labute approximate surface area is 184 Å². The van der Waals surface area contributed by atoms with Gasteiger partial charge in [0.15, 0.2) is 17.2 Å². The van der Waals surface area contributed by atoms with Crippen molar-refractivity contribution < 1.29 is 13.9 Å². The van der Waals surface area contributed by atoms with Crippen molar-refractivity contribution in [2.75, 3.05) is 13.1 Å². The van der Waals surface area contributed by atoms with Crippen LogP contribution in [0.25, 0.3) is 17.2 Å². The van der Waals surface area contributed by atoms with E-state index >= 15 is 0 Å². The summed E-state index contributed by atoms with van der Waals surface area (Å²) in [6.07, 6.45) is 7.40. The minimum Gasteiger partial charge on any atom is -0.458 e. The summed E-state index contributed by atoms with van der Waals surface area (Å²) < 4.78 is 11.9. The van der Waals surface area contributed by atoms with Crippen LogP contribution in [0.3, 0.4) is 0 Å². The number of nitrogens with one attached hydrogen (secondary N) is 1. The summed E-state index contributed by atoms with van der Waals surface area (Å²) in [6, 6.07) is 4.06. The molecule has 0 saturated carbocycles. The van der Waals surface area contributed by atoms with Gasteiger partial charge in [0.05, 0.1) is 17.6 Å². The molecular weight excluding hydrogens is 414 g/mol. The number of aliphatic imine (C=N–C) groups is 1. The number of hydrogen-bond donors (Lipinski definition) is 1. The Balaban J connectivity index is 1.42. The molecule has 9 heteroatoms.